The van der Waals surface area contributed by atoms with Gasteiger partial charge in [-0.25, -0.2) is 4.39 Å². The maximum absolute atomic E-state index is 14.2. The number of hydrogen-bond donors (Lipinski definition) is 1. The van der Waals surface area contributed by atoms with Crippen LogP contribution >= 0.6 is 23.1 Å². The number of thioether (sulfide) groups is 1. The van der Waals surface area contributed by atoms with Crippen molar-refractivity contribution in [2.24, 2.45) is 0 Å². The van der Waals surface area contributed by atoms with Crippen LogP contribution in [0.2, 0.25) is 0 Å². The van der Waals surface area contributed by atoms with E-state index in [-0.39, 0.29) is 22.3 Å². The van der Waals surface area contributed by atoms with Crippen molar-refractivity contribution in [2.75, 3.05) is 12.0 Å². The van der Waals surface area contributed by atoms with E-state index >= 15 is 0 Å². The third-order valence-electron chi connectivity index (χ3n) is 7.38. The van der Waals surface area contributed by atoms with Crippen LogP contribution in [0.15, 0.2) is 107 Å². The van der Waals surface area contributed by atoms with Crippen molar-refractivity contribution in [1.82, 2.24) is 10.2 Å². The van der Waals surface area contributed by atoms with E-state index in [1.54, 1.807) is 66.7 Å². The predicted molar refractivity (Wildman–Crippen MR) is 176 cm³/mol. The fourth-order valence-electron chi connectivity index (χ4n) is 5.10. The fourth-order valence-corrected chi connectivity index (χ4v) is 6.96. The number of ketones is 1. The second kappa shape index (κ2) is 13.6. The summed E-state index contributed by atoms with van der Waals surface area (Å²) in [6.45, 7) is 2.39. The predicted octanol–water partition coefficient (Wildman–Crippen LogP) is 7.49. The highest BCUT2D eigenvalue weighted by Crippen LogP contribution is 2.44. The number of anilines is 1. The molecule has 2 heterocycles. The Hall–Kier alpha value is -5.00. The van der Waals surface area contributed by atoms with Crippen molar-refractivity contribution in [3.8, 4) is 11.5 Å². The Balaban J connectivity index is 1.31. The maximum atomic E-state index is 14.2. The van der Waals surface area contributed by atoms with Gasteiger partial charge in [0.05, 0.1) is 18.7 Å². The number of hydrogen-bond acceptors (Lipinski definition) is 9. The van der Waals surface area contributed by atoms with Gasteiger partial charge in [-0.05, 0) is 66.1 Å². The molecule has 1 saturated heterocycles. The molecule has 1 N–H and O–H groups in total. The summed E-state index contributed by atoms with van der Waals surface area (Å²) in [4.78, 5) is 28.4. The van der Waals surface area contributed by atoms with E-state index < -0.39 is 17.7 Å². The van der Waals surface area contributed by atoms with Gasteiger partial charge in [-0.3, -0.25) is 14.5 Å². The molecule has 1 aliphatic heterocycles. The second-order valence-corrected chi connectivity index (χ2v) is 12.7. The van der Waals surface area contributed by atoms with Crippen LogP contribution in [0.4, 0.5) is 9.52 Å². The van der Waals surface area contributed by atoms with Gasteiger partial charge in [0.2, 0.25) is 5.13 Å². The van der Waals surface area contributed by atoms with Gasteiger partial charge in [0, 0.05) is 11.3 Å². The van der Waals surface area contributed by atoms with E-state index in [2.05, 4.69) is 10.2 Å². The molecular weight excluding hydrogens is 626 g/mol. The van der Waals surface area contributed by atoms with Crippen molar-refractivity contribution < 1.29 is 28.6 Å². The van der Waals surface area contributed by atoms with Crippen LogP contribution < -0.4 is 14.4 Å². The topological polar surface area (TPSA) is 102 Å². The van der Waals surface area contributed by atoms with Crippen molar-refractivity contribution in [1.29, 1.82) is 0 Å². The molecule has 0 spiro atoms. The van der Waals surface area contributed by atoms with Crippen molar-refractivity contribution in [3.05, 3.63) is 136 Å². The lowest BCUT2D eigenvalue weighted by Crippen LogP contribution is -2.29. The average Bonchev–Trinajstić information content (AvgIpc) is 3.65. The van der Waals surface area contributed by atoms with Crippen molar-refractivity contribution in [3.63, 3.8) is 0 Å². The summed E-state index contributed by atoms with van der Waals surface area (Å²) in [5, 5.41) is 20.1. The average molecular weight is 654 g/mol. The summed E-state index contributed by atoms with van der Waals surface area (Å²) >= 11 is 2.37. The number of aromatic nitrogens is 2. The second-order valence-electron chi connectivity index (χ2n) is 10.5. The number of amides is 1. The molecule has 1 unspecified atom stereocenters. The van der Waals surface area contributed by atoms with Crippen LogP contribution in [0.1, 0.15) is 33.9 Å². The lowest BCUT2D eigenvalue weighted by atomic mass is 9.95. The highest BCUT2D eigenvalue weighted by molar-refractivity contribution is 8.00. The molecule has 232 valence electrons. The highest BCUT2D eigenvalue weighted by Gasteiger charge is 2.48. The maximum Gasteiger partial charge on any atom is 0.301 e. The van der Waals surface area contributed by atoms with Gasteiger partial charge in [0.1, 0.15) is 29.7 Å². The highest BCUT2D eigenvalue weighted by atomic mass is 32.2. The first-order valence-corrected chi connectivity index (χ1v) is 16.1. The number of rotatable bonds is 10. The molecular formula is C35H28FN3O5S2. The summed E-state index contributed by atoms with van der Waals surface area (Å²) in [5.41, 5.74) is 3.45. The van der Waals surface area contributed by atoms with E-state index in [0.29, 0.717) is 44.9 Å². The molecule has 46 heavy (non-hydrogen) atoms. The molecule has 0 radical (unpaired) electrons. The smallest absolute Gasteiger partial charge is 0.301 e. The number of carbonyl (C=O) groups excluding carboxylic acids is 2. The van der Waals surface area contributed by atoms with Crippen LogP contribution in [0, 0.1) is 12.7 Å². The van der Waals surface area contributed by atoms with Gasteiger partial charge in [-0.2, -0.15) is 0 Å². The van der Waals surface area contributed by atoms with Crippen molar-refractivity contribution >= 4 is 45.7 Å². The minimum absolute atomic E-state index is 0.0950. The van der Waals surface area contributed by atoms with Crippen LogP contribution in [0.25, 0.3) is 5.76 Å². The number of ether oxygens (including phenoxy) is 2. The number of nitrogens with zero attached hydrogens (tertiary/aromatic N) is 3. The van der Waals surface area contributed by atoms with Gasteiger partial charge in [0.25, 0.3) is 5.78 Å². The number of aryl methyl sites for hydroxylation is 1. The monoisotopic (exact) mass is 653 g/mol. The minimum atomic E-state index is -1.01. The Morgan fingerprint density at radius 3 is 2.50 bits per heavy atom. The van der Waals surface area contributed by atoms with E-state index in [1.807, 2.05) is 31.2 Å². The zero-order valence-electron chi connectivity index (χ0n) is 24.8. The molecule has 4 aromatic carbocycles. The zero-order valence-corrected chi connectivity index (χ0v) is 26.5. The molecule has 1 aliphatic rings. The lowest BCUT2D eigenvalue weighted by Gasteiger charge is -2.23. The molecule has 11 heteroatoms. The Morgan fingerprint density at radius 2 is 1.74 bits per heavy atom. The van der Waals surface area contributed by atoms with Crippen LogP contribution in [-0.2, 0) is 21.9 Å². The number of benzene rings is 4. The Kier molecular flexibility index (Phi) is 9.13. The fraction of sp³-hybridized carbons (Fsp3) is 0.143. The molecule has 6 rings (SSSR count). The van der Waals surface area contributed by atoms with Crippen molar-refractivity contribution in [2.45, 2.75) is 29.7 Å². The summed E-state index contributed by atoms with van der Waals surface area (Å²) < 4.78 is 26.0. The number of Topliss-reactive ketones (excluding diaryl/α,β-unsaturated/α-hetero) is 1. The first kappa shape index (κ1) is 31.0. The first-order chi connectivity index (χ1) is 22.3. The minimum Gasteiger partial charge on any atom is -0.507 e. The number of aliphatic hydroxyl groups excluding tert-OH is 1. The van der Waals surface area contributed by atoms with Crippen LogP contribution in [0.5, 0.6) is 11.5 Å². The van der Waals surface area contributed by atoms with E-state index in [0.717, 1.165) is 22.5 Å². The van der Waals surface area contributed by atoms with Gasteiger partial charge in [0.15, 0.2) is 4.34 Å². The molecule has 0 saturated carbocycles. The first-order valence-electron chi connectivity index (χ1n) is 14.3. The SMILES string of the molecule is COc1cccc(C2/C(=C(\O)c3ccc(OCc4cccc(C)c4)cc3)C(=O)C(=O)N2c2nnc(SCc3ccccc3F)s2)c1. The van der Waals surface area contributed by atoms with Crippen LogP contribution in [-0.4, -0.2) is 34.1 Å². The lowest BCUT2D eigenvalue weighted by molar-refractivity contribution is -0.132. The van der Waals surface area contributed by atoms with Crippen LogP contribution in [0.3, 0.4) is 0 Å². The molecule has 0 aliphatic carbocycles. The standard InChI is InChI=1S/C35H28FN3O5S2/c1-21-7-5-8-22(17-21)19-44-26-15-13-23(14-16-26)31(40)29-30(24-10-6-11-27(18-24)43-2)39(33(42)32(29)41)34-37-38-35(46-34)45-20-25-9-3-4-12-28(25)36/h3-18,30,40H,19-20H2,1-2H3/b31-29+. The number of halogens is 1. The van der Waals surface area contributed by atoms with Gasteiger partial charge >= 0.3 is 5.91 Å². The Morgan fingerprint density at radius 1 is 0.957 bits per heavy atom. The van der Waals surface area contributed by atoms with Gasteiger partial charge < -0.3 is 14.6 Å². The third-order valence-corrected chi connectivity index (χ3v) is 9.49. The molecule has 1 amide bonds. The summed E-state index contributed by atoms with van der Waals surface area (Å²) in [6, 6.07) is 27.1. The molecule has 5 aromatic rings. The largest absolute Gasteiger partial charge is 0.507 e. The van der Waals surface area contributed by atoms with E-state index in [9.17, 15) is 19.1 Å². The van der Waals surface area contributed by atoms with Gasteiger partial charge in [-0.1, -0.05) is 83.3 Å². The molecule has 8 nitrogen and oxygen atoms in total. The summed E-state index contributed by atoms with van der Waals surface area (Å²) in [7, 11) is 1.52. The number of carbonyl (C=O) groups is 2. The normalized spacial score (nSPS) is 15.7. The molecule has 1 atom stereocenters. The third kappa shape index (κ3) is 6.51. The number of methoxy groups -OCH3 is 1. The summed E-state index contributed by atoms with van der Waals surface area (Å²) in [6.07, 6.45) is 0. The zero-order chi connectivity index (χ0) is 32.2. The van der Waals surface area contributed by atoms with Gasteiger partial charge in [-0.15, -0.1) is 10.2 Å². The quantitative estimate of drug-likeness (QED) is 0.0544. The van der Waals surface area contributed by atoms with E-state index in [4.69, 9.17) is 9.47 Å². The molecule has 1 fully saturated rings. The van der Waals surface area contributed by atoms with E-state index in [1.165, 1.54) is 29.8 Å². The Labute approximate surface area is 273 Å². The Bertz CT molecular complexity index is 1940. The molecule has 0 bridgehead atoms. The molecule has 1 aromatic heterocycles. The number of aliphatic hydroxyl groups is 1. The summed E-state index contributed by atoms with van der Waals surface area (Å²) in [5.74, 6) is -0.972.